The number of alkyl halides is 1. The minimum atomic E-state index is -1.16. The Labute approximate surface area is 61.0 Å². The van der Waals surface area contributed by atoms with Gasteiger partial charge in [-0.05, 0) is 26.3 Å². The Kier molecular flexibility index (Phi) is 2.26. The van der Waals surface area contributed by atoms with Gasteiger partial charge in [0.05, 0.1) is 6.04 Å². The summed E-state index contributed by atoms with van der Waals surface area (Å²) in [5, 5.41) is 3.09. The molecule has 0 radical (unpaired) electrons. The zero-order chi connectivity index (χ0) is 7.61. The van der Waals surface area contributed by atoms with Crippen molar-refractivity contribution in [2.75, 3.05) is 13.1 Å². The largest absolute Gasteiger partial charge is 0.324 e. The molecule has 0 unspecified atom stereocenters. The van der Waals surface area contributed by atoms with E-state index in [0.29, 0.717) is 13.0 Å². The fourth-order valence-corrected chi connectivity index (χ4v) is 1.21. The molecule has 2 nitrogen and oxygen atoms in total. The molecule has 3 heteroatoms. The predicted octanol–water partition coefficient (Wildman–Crippen LogP) is 0.425. The lowest BCUT2D eigenvalue weighted by Crippen LogP contribution is -2.46. The van der Waals surface area contributed by atoms with Gasteiger partial charge in [0.15, 0.2) is 0 Å². The smallest absolute Gasteiger partial charge is 0.124 e. The van der Waals surface area contributed by atoms with E-state index in [-0.39, 0.29) is 6.04 Å². The van der Waals surface area contributed by atoms with Crippen molar-refractivity contribution in [1.29, 1.82) is 0 Å². The first-order valence-corrected chi connectivity index (χ1v) is 3.78. The van der Waals surface area contributed by atoms with E-state index in [1.54, 1.807) is 6.92 Å². The normalized spacial score (nSPS) is 42.9. The van der Waals surface area contributed by atoms with Crippen LogP contribution in [0.15, 0.2) is 0 Å². The van der Waals surface area contributed by atoms with Gasteiger partial charge in [-0.1, -0.05) is 0 Å². The maximum atomic E-state index is 13.4. The quantitative estimate of drug-likeness (QED) is 0.520. The molecule has 3 N–H and O–H groups in total. The van der Waals surface area contributed by atoms with Crippen molar-refractivity contribution in [1.82, 2.24) is 5.32 Å². The second-order valence-corrected chi connectivity index (χ2v) is 3.19. The summed E-state index contributed by atoms with van der Waals surface area (Å²) in [5.74, 6) is 0. The SMILES string of the molecule is C[C@]1(F)CCCNC[C@H]1N. The third kappa shape index (κ3) is 1.67. The van der Waals surface area contributed by atoms with Gasteiger partial charge in [-0.25, -0.2) is 4.39 Å². The van der Waals surface area contributed by atoms with Crippen molar-refractivity contribution in [3.63, 3.8) is 0 Å². The van der Waals surface area contributed by atoms with Crippen LogP contribution in [-0.4, -0.2) is 24.8 Å². The van der Waals surface area contributed by atoms with Gasteiger partial charge in [0.25, 0.3) is 0 Å². The lowest BCUT2D eigenvalue weighted by atomic mass is 9.95. The van der Waals surface area contributed by atoms with Crippen LogP contribution in [0.4, 0.5) is 4.39 Å². The molecule has 1 aliphatic rings. The van der Waals surface area contributed by atoms with Gasteiger partial charge in [-0.3, -0.25) is 0 Å². The molecule has 1 saturated heterocycles. The molecular formula is C7H15FN2. The lowest BCUT2D eigenvalue weighted by molar-refractivity contribution is 0.144. The molecule has 0 bridgehead atoms. The van der Waals surface area contributed by atoms with Crippen molar-refractivity contribution in [3.8, 4) is 0 Å². The van der Waals surface area contributed by atoms with Crippen LogP contribution in [0.3, 0.4) is 0 Å². The predicted molar refractivity (Wildman–Crippen MR) is 39.6 cm³/mol. The Bertz CT molecular complexity index is 114. The first-order valence-electron chi connectivity index (χ1n) is 3.78. The summed E-state index contributed by atoms with van der Waals surface area (Å²) in [4.78, 5) is 0. The fraction of sp³-hybridized carbons (Fsp3) is 1.00. The zero-order valence-corrected chi connectivity index (χ0v) is 6.36. The third-order valence-electron chi connectivity index (χ3n) is 2.16. The summed E-state index contributed by atoms with van der Waals surface area (Å²) in [5.41, 5.74) is 4.41. The molecule has 0 aromatic carbocycles. The molecular weight excluding hydrogens is 131 g/mol. The summed E-state index contributed by atoms with van der Waals surface area (Å²) in [6.07, 6.45) is 1.47. The van der Waals surface area contributed by atoms with E-state index in [1.807, 2.05) is 0 Å². The van der Waals surface area contributed by atoms with Crippen molar-refractivity contribution < 1.29 is 4.39 Å². The van der Waals surface area contributed by atoms with Gasteiger partial charge >= 0.3 is 0 Å². The van der Waals surface area contributed by atoms with Gasteiger partial charge in [-0.2, -0.15) is 0 Å². The van der Waals surface area contributed by atoms with E-state index in [0.717, 1.165) is 13.0 Å². The first-order chi connectivity index (χ1) is 4.63. The average Bonchev–Trinajstić information content (AvgIpc) is 1.96. The maximum Gasteiger partial charge on any atom is 0.124 e. The van der Waals surface area contributed by atoms with Gasteiger partial charge < -0.3 is 11.1 Å². The summed E-state index contributed by atoms with van der Waals surface area (Å²) < 4.78 is 13.4. The van der Waals surface area contributed by atoms with Crippen molar-refractivity contribution in [3.05, 3.63) is 0 Å². The monoisotopic (exact) mass is 146 g/mol. The molecule has 0 saturated carbocycles. The summed E-state index contributed by atoms with van der Waals surface area (Å²) in [7, 11) is 0. The topological polar surface area (TPSA) is 38.0 Å². The molecule has 2 atom stereocenters. The molecule has 1 heterocycles. The number of hydrogen-bond donors (Lipinski definition) is 2. The fourth-order valence-electron chi connectivity index (χ4n) is 1.21. The Hall–Kier alpha value is -0.150. The van der Waals surface area contributed by atoms with Crippen LogP contribution in [0.2, 0.25) is 0 Å². The van der Waals surface area contributed by atoms with Crippen molar-refractivity contribution in [2.45, 2.75) is 31.5 Å². The lowest BCUT2D eigenvalue weighted by Gasteiger charge is -2.24. The highest BCUT2D eigenvalue weighted by Crippen LogP contribution is 2.21. The van der Waals surface area contributed by atoms with Crippen LogP contribution < -0.4 is 11.1 Å². The molecule has 1 fully saturated rings. The maximum absolute atomic E-state index is 13.4. The minimum absolute atomic E-state index is 0.338. The molecule has 0 aromatic rings. The minimum Gasteiger partial charge on any atom is -0.324 e. The van der Waals surface area contributed by atoms with Crippen LogP contribution in [-0.2, 0) is 0 Å². The number of nitrogens with two attached hydrogens (primary N) is 1. The number of hydrogen-bond acceptors (Lipinski definition) is 2. The molecule has 0 spiro atoms. The first kappa shape index (κ1) is 7.95. The second kappa shape index (κ2) is 2.84. The Morgan fingerprint density at radius 1 is 1.70 bits per heavy atom. The van der Waals surface area contributed by atoms with E-state index in [9.17, 15) is 4.39 Å². The zero-order valence-electron chi connectivity index (χ0n) is 6.36. The number of rotatable bonds is 0. The molecule has 0 amide bonds. The van der Waals surface area contributed by atoms with Crippen molar-refractivity contribution in [2.24, 2.45) is 5.73 Å². The average molecular weight is 146 g/mol. The molecule has 1 rings (SSSR count). The summed E-state index contributed by atoms with van der Waals surface area (Å²) in [6.45, 7) is 3.09. The van der Waals surface area contributed by atoms with Crippen LogP contribution in [0, 0.1) is 0 Å². The summed E-state index contributed by atoms with van der Waals surface area (Å²) >= 11 is 0. The van der Waals surface area contributed by atoms with E-state index in [1.165, 1.54) is 0 Å². The van der Waals surface area contributed by atoms with Crippen molar-refractivity contribution >= 4 is 0 Å². The Morgan fingerprint density at radius 2 is 2.40 bits per heavy atom. The van der Waals surface area contributed by atoms with E-state index >= 15 is 0 Å². The highest BCUT2D eigenvalue weighted by atomic mass is 19.1. The molecule has 60 valence electrons. The van der Waals surface area contributed by atoms with Gasteiger partial charge in [-0.15, -0.1) is 0 Å². The van der Waals surface area contributed by atoms with Crippen LogP contribution in [0.1, 0.15) is 19.8 Å². The van der Waals surface area contributed by atoms with Gasteiger partial charge in [0, 0.05) is 6.54 Å². The van der Waals surface area contributed by atoms with Gasteiger partial charge in [0.2, 0.25) is 0 Å². The number of halogens is 1. The van der Waals surface area contributed by atoms with E-state index in [4.69, 9.17) is 5.73 Å². The van der Waals surface area contributed by atoms with Crippen LogP contribution in [0.25, 0.3) is 0 Å². The molecule has 10 heavy (non-hydrogen) atoms. The highest BCUT2D eigenvalue weighted by molar-refractivity contribution is 4.89. The van der Waals surface area contributed by atoms with E-state index in [2.05, 4.69) is 5.32 Å². The van der Waals surface area contributed by atoms with Crippen LogP contribution in [0.5, 0.6) is 0 Å². The Balaban J connectivity index is 2.52. The summed E-state index contributed by atoms with van der Waals surface area (Å²) in [6, 6.07) is -0.338. The molecule has 0 aromatic heterocycles. The highest BCUT2D eigenvalue weighted by Gasteiger charge is 2.32. The van der Waals surface area contributed by atoms with Gasteiger partial charge in [0.1, 0.15) is 5.67 Å². The molecule has 0 aliphatic carbocycles. The molecule has 1 aliphatic heterocycles. The van der Waals surface area contributed by atoms with E-state index < -0.39 is 5.67 Å². The van der Waals surface area contributed by atoms with Crippen LogP contribution >= 0.6 is 0 Å². The number of nitrogens with one attached hydrogen (secondary N) is 1. The second-order valence-electron chi connectivity index (χ2n) is 3.19. The standard InChI is InChI=1S/C7H15FN2/c1-7(8)3-2-4-10-5-6(7)9/h6,10H,2-5,9H2,1H3/t6-,7+/m1/s1. The third-order valence-corrected chi connectivity index (χ3v) is 2.16. The Morgan fingerprint density at radius 3 is 3.10 bits per heavy atom.